The summed E-state index contributed by atoms with van der Waals surface area (Å²) in [6, 6.07) is 6.25. The van der Waals surface area contributed by atoms with Crippen molar-refractivity contribution in [3.8, 4) is 0 Å². The molecule has 0 heterocycles. The zero-order valence-electron chi connectivity index (χ0n) is 8.48. The molecule has 5 nitrogen and oxygen atoms in total. The highest BCUT2D eigenvalue weighted by atomic mass is 79.9. The molecule has 0 saturated carbocycles. The lowest BCUT2D eigenvalue weighted by Crippen LogP contribution is -2.26. The van der Waals surface area contributed by atoms with Gasteiger partial charge in [0.15, 0.2) is 0 Å². The lowest BCUT2D eigenvalue weighted by Gasteiger charge is -2.03. The fourth-order valence-electron chi connectivity index (χ4n) is 1.26. The van der Waals surface area contributed by atoms with Crippen LogP contribution in [0.1, 0.15) is 5.56 Å². The molecule has 1 N–H and O–H groups in total. The Bertz CT molecular complexity index is 395. The fraction of sp³-hybridized carbons (Fsp3) is 0.300. The Morgan fingerprint density at radius 1 is 1.44 bits per heavy atom. The van der Waals surface area contributed by atoms with Crippen molar-refractivity contribution < 1.29 is 9.72 Å². The first kappa shape index (κ1) is 12.6. The molecule has 1 amide bonds. The van der Waals surface area contributed by atoms with E-state index in [-0.39, 0.29) is 18.0 Å². The molecule has 6 heteroatoms. The van der Waals surface area contributed by atoms with Crippen LogP contribution in [0.15, 0.2) is 24.3 Å². The van der Waals surface area contributed by atoms with E-state index in [9.17, 15) is 14.9 Å². The zero-order chi connectivity index (χ0) is 12.0. The van der Waals surface area contributed by atoms with Crippen molar-refractivity contribution in [2.24, 2.45) is 0 Å². The molecule has 1 rings (SSSR count). The Kier molecular flexibility index (Phi) is 4.91. The Balaban J connectivity index is 2.73. The maximum Gasteiger partial charge on any atom is 0.273 e. The number of nitro groups is 1. The van der Waals surface area contributed by atoms with Gasteiger partial charge in [0, 0.05) is 23.5 Å². The summed E-state index contributed by atoms with van der Waals surface area (Å²) in [5, 5.41) is 14.0. The molecule has 0 unspecified atom stereocenters. The molecule has 0 spiro atoms. The van der Waals surface area contributed by atoms with E-state index in [0.29, 0.717) is 17.4 Å². The summed E-state index contributed by atoms with van der Waals surface area (Å²) in [5.74, 6) is -0.214. The van der Waals surface area contributed by atoms with Crippen LogP contribution in [0.5, 0.6) is 0 Å². The minimum atomic E-state index is -0.479. The topological polar surface area (TPSA) is 72.2 Å². The summed E-state index contributed by atoms with van der Waals surface area (Å²) >= 11 is 3.18. The highest BCUT2D eigenvalue weighted by Gasteiger charge is 2.14. The number of para-hydroxylation sites is 1. The Hall–Kier alpha value is -1.43. The van der Waals surface area contributed by atoms with Gasteiger partial charge in [-0.25, -0.2) is 0 Å². The predicted octanol–water partition coefficient (Wildman–Crippen LogP) is 1.65. The summed E-state index contributed by atoms with van der Waals surface area (Å²) in [6.45, 7) is 0.513. The summed E-state index contributed by atoms with van der Waals surface area (Å²) in [7, 11) is 0. The van der Waals surface area contributed by atoms with Gasteiger partial charge in [0.25, 0.3) is 5.69 Å². The van der Waals surface area contributed by atoms with Gasteiger partial charge in [-0.15, -0.1) is 0 Å². The first-order chi connectivity index (χ1) is 7.65. The van der Waals surface area contributed by atoms with Gasteiger partial charge in [-0.3, -0.25) is 14.9 Å². The molecule has 0 fully saturated rings. The lowest BCUT2D eigenvalue weighted by atomic mass is 10.1. The third-order valence-corrected chi connectivity index (χ3v) is 2.35. The minimum absolute atomic E-state index is 0.0171. The first-order valence-corrected chi connectivity index (χ1v) is 5.82. The van der Waals surface area contributed by atoms with Crippen LogP contribution in [0.2, 0.25) is 0 Å². The van der Waals surface area contributed by atoms with Gasteiger partial charge in [-0.2, -0.15) is 0 Å². The third kappa shape index (κ3) is 3.62. The number of nitrogens with one attached hydrogen (secondary N) is 1. The number of halogens is 1. The van der Waals surface area contributed by atoms with Crippen LogP contribution in [0.3, 0.4) is 0 Å². The quantitative estimate of drug-likeness (QED) is 0.508. The van der Waals surface area contributed by atoms with E-state index >= 15 is 0 Å². The van der Waals surface area contributed by atoms with E-state index < -0.39 is 4.92 Å². The summed E-state index contributed by atoms with van der Waals surface area (Å²) in [6.07, 6.45) is 0.0319. The molecule has 0 aliphatic carbocycles. The summed E-state index contributed by atoms with van der Waals surface area (Å²) < 4.78 is 0. The molecule has 0 aliphatic heterocycles. The third-order valence-electron chi connectivity index (χ3n) is 1.96. The van der Waals surface area contributed by atoms with E-state index in [4.69, 9.17) is 0 Å². The lowest BCUT2D eigenvalue weighted by molar-refractivity contribution is -0.385. The van der Waals surface area contributed by atoms with Crippen LogP contribution in [-0.2, 0) is 11.2 Å². The normalized spacial score (nSPS) is 9.81. The average molecular weight is 287 g/mol. The van der Waals surface area contributed by atoms with Crippen molar-refractivity contribution in [2.45, 2.75) is 6.42 Å². The van der Waals surface area contributed by atoms with Gasteiger partial charge in [0.05, 0.1) is 11.3 Å². The summed E-state index contributed by atoms with van der Waals surface area (Å²) in [4.78, 5) is 21.6. The molecule has 86 valence electrons. The average Bonchev–Trinajstić information content (AvgIpc) is 2.27. The van der Waals surface area contributed by atoms with Gasteiger partial charge >= 0.3 is 0 Å². The van der Waals surface area contributed by atoms with Gasteiger partial charge in [0.2, 0.25) is 5.91 Å². The number of nitro benzene ring substituents is 1. The van der Waals surface area contributed by atoms with Crippen molar-refractivity contribution in [1.29, 1.82) is 0 Å². The van der Waals surface area contributed by atoms with Crippen molar-refractivity contribution in [3.05, 3.63) is 39.9 Å². The van der Waals surface area contributed by atoms with Gasteiger partial charge in [-0.05, 0) is 0 Å². The van der Waals surface area contributed by atoms with E-state index in [2.05, 4.69) is 21.2 Å². The van der Waals surface area contributed by atoms with Crippen LogP contribution in [0.25, 0.3) is 0 Å². The van der Waals surface area contributed by atoms with Crippen molar-refractivity contribution in [2.75, 3.05) is 11.9 Å². The van der Waals surface area contributed by atoms with Crippen LogP contribution >= 0.6 is 15.9 Å². The number of hydrogen-bond donors (Lipinski definition) is 1. The Morgan fingerprint density at radius 3 is 2.75 bits per heavy atom. The maximum atomic E-state index is 11.4. The highest BCUT2D eigenvalue weighted by molar-refractivity contribution is 9.09. The molecule has 0 aliphatic rings. The van der Waals surface area contributed by atoms with Crippen LogP contribution in [-0.4, -0.2) is 22.7 Å². The molecular formula is C10H11BrN2O3. The SMILES string of the molecule is O=C(Cc1ccccc1[N+](=O)[O-])NCCBr. The number of hydrogen-bond acceptors (Lipinski definition) is 3. The molecule has 0 radical (unpaired) electrons. The number of rotatable bonds is 5. The number of nitrogens with zero attached hydrogens (tertiary/aromatic N) is 1. The predicted molar refractivity (Wildman–Crippen MR) is 63.6 cm³/mol. The number of alkyl halides is 1. The van der Waals surface area contributed by atoms with Gasteiger partial charge < -0.3 is 5.32 Å². The van der Waals surface area contributed by atoms with Crippen LogP contribution < -0.4 is 5.32 Å². The summed E-state index contributed by atoms with van der Waals surface area (Å²) in [5.41, 5.74) is 0.413. The molecule has 0 aromatic heterocycles. The molecule has 1 aromatic rings. The van der Waals surface area contributed by atoms with Crippen molar-refractivity contribution in [3.63, 3.8) is 0 Å². The maximum absolute atomic E-state index is 11.4. The number of amides is 1. The second kappa shape index (κ2) is 6.22. The number of benzene rings is 1. The van der Waals surface area contributed by atoms with E-state index in [1.165, 1.54) is 6.07 Å². The highest BCUT2D eigenvalue weighted by Crippen LogP contribution is 2.17. The van der Waals surface area contributed by atoms with Crippen molar-refractivity contribution >= 4 is 27.5 Å². The minimum Gasteiger partial charge on any atom is -0.355 e. The van der Waals surface area contributed by atoms with E-state index in [0.717, 1.165) is 0 Å². The molecular weight excluding hydrogens is 276 g/mol. The molecule has 0 bridgehead atoms. The van der Waals surface area contributed by atoms with Gasteiger partial charge in [0.1, 0.15) is 0 Å². The fourth-order valence-corrected chi connectivity index (χ4v) is 1.46. The van der Waals surface area contributed by atoms with Crippen LogP contribution in [0, 0.1) is 10.1 Å². The monoisotopic (exact) mass is 286 g/mol. The molecule has 1 aromatic carbocycles. The number of carbonyl (C=O) groups is 1. The Labute approximate surface area is 101 Å². The zero-order valence-corrected chi connectivity index (χ0v) is 10.1. The second-order valence-corrected chi connectivity index (χ2v) is 3.89. The van der Waals surface area contributed by atoms with E-state index in [1.807, 2.05) is 0 Å². The molecule has 0 atom stereocenters. The molecule has 0 saturated heterocycles. The van der Waals surface area contributed by atoms with Crippen LogP contribution in [0.4, 0.5) is 5.69 Å². The smallest absolute Gasteiger partial charge is 0.273 e. The van der Waals surface area contributed by atoms with E-state index in [1.54, 1.807) is 18.2 Å². The largest absolute Gasteiger partial charge is 0.355 e. The van der Waals surface area contributed by atoms with Crippen molar-refractivity contribution in [1.82, 2.24) is 5.32 Å². The standard InChI is InChI=1S/C10H11BrN2O3/c11-5-6-12-10(14)7-8-3-1-2-4-9(8)13(15)16/h1-4H,5-7H2,(H,12,14). The molecule has 16 heavy (non-hydrogen) atoms. The number of carbonyl (C=O) groups excluding carboxylic acids is 1. The van der Waals surface area contributed by atoms with Gasteiger partial charge in [-0.1, -0.05) is 34.1 Å². The first-order valence-electron chi connectivity index (χ1n) is 4.70. The Morgan fingerprint density at radius 2 is 2.12 bits per heavy atom. The second-order valence-electron chi connectivity index (χ2n) is 3.10.